The van der Waals surface area contributed by atoms with Gasteiger partial charge >= 0.3 is 11.9 Å². The Hall–Kier alpha value is -3.56. The maximum atomic E-state index is 11.5. The summed E-state index contributed by atoms with van der Waals surface area (Å²) in [7, 11) is 0. The van der Waals surface area contributed by atoms with E-state index in [2.05, 4.69) is 34.3 Å². The lowest BCUT2D eigenvalue weighted by Gasteiger charge is -2.16. The standard InChI is InChI=1S/C10H17N3O6S.C10H8N2/c11-5(10(18)19)1-2-7(14)13-6(4-20)9(17)12-3-8(15)16;11-6-5-8-7-12-10-4-2-1-3-9(8)10/h5-6,20H,1-4,11H2,(H,12,17)(H,13,14)(H,15,16)(H,18,19);1-4,7,12H,5H2/t5-,6-;/m0./s1. The van der Waals surface area contributed by atoms with E-state index in [1.807, 2.05) is 30.5 Å². The summed E-state index contributed by atoms with van der Waals surface area (Å²) in [5.41, 5.74) is 7.41. The highest BCUT2D eigenvalue weighted by molar-refractivity contribution is 7.80. The van der Waals surface area contributed by atoms with Gasteiger partial charge in [0.25, 0.3) is 0 Å². The summed E-state index contributed by atoms with van der Waals surface area (Å²) >= 11 is 3.87. The van der Waals surface area contributed by atoms with E-state index in [-0.39, 0.29) is 18.6 Å². The van der Waals surface area contributed by atoms with E-state index in [0.717, 1.165) is 16.5 Å². The van der Waals surface area contributed by atoms with Crippen LogP contribution in [0.5, 0.6) is 0 Å². The van der Waals surface area contributed by atoms with Crippen molar-refractivity contribution < 1.29 is 29.4 Å². The minimum Gasteiger partial charge on any atom is -0.480 e. The SMILES string of the molecule is N#CCc1c[nH]c2ccccc12.N[C@@H](CCC(=O)N[C@@H](CS)C(=O)NCC(=O)O)C(=O)O. The molecule has 2 amide bonds. The number of thiol groups is 1. The number of aliphatic carboxylic acids is 2. The lowest BCUT2D eigenvalue weighted by Crippen LogP contribution is -2.49. The topological polar surface area (TPSA) is 198 Å². The number of rotatable bonds is 10. The number of nitrogens with one attached hydrogen (secondary N) is 3. The molecule has 0 unspecified atom stereocenters. The van der Waals surface area contributed by atoms with Gasteiger partial charge in [0, 0.05) is 29.3 Å². The van der Waals surface area contributed by atoms with E-state index in [9.17, 15) is 19.2 Å². The van der Waals surface area contributed by atoms with Crippen LogP contribution in [0.2, 0.25) is 0 Å². The van der Waals surface area contributed by atoms with Crippen LogP contribution in [-0.2, 0) is 25.6 Å². The summed E-state index contributed by atoms with van der Waals surface area (Å²) in [6, 6.07) is 7.99. The van der Waals surface area contributed by atoms with Crippen molar-refractivity contribution in [3.63, 3.8) is 0 Å². The number of hydrogen-bond donors (Lipinski definition) is 7. The van der Waals surface area contributed by atoms with Gasteiger partial charge in [-0.15, -0.1) is 0 Å². The number of benzene rings is 1. The van der Waals surface area contributed by atoms with Crippen LogP contribution in [0.25, 0.3) is 10.9 Å². The Morgan fingerprint density at radius 2 is 1.91 bits per heavy atom. The Labute approximate surface area is 189 Å². The number of nitrogens with zero attached hydrogens (tertiary/aromatic N) is 1. The number of para-hydroxylation sites is 1. The number of nitrogens with two attached hydrogens (primary N) is 1. The number of carboxylic acids is 2. The van der Waals surface area contributed by atoms with E-state index >= 15 is 0 Å². The lowest BCUT2D eigenvalue weighted by molar-refractivity contribution is -0.139. The first-order valence-corrected chi connectivity index (χ1v) is 10.1. The molecule has 0 aliphatic heterocycles. The van der Waals surface area contributed by atoms with E-state index in [4.69, 9.17) is 21.2 Å². The molecule has 7 N–H and O–H groups in total. The molecule has 1 aromatic heterocycles. The molecule has 2 aromatic rings. The molecule has 2 atom stereocenters. The zero-order valence-electron chi connectivity index (χ0n) is 17.1. The van der Waals surface area contributed by atoms with Crippen molar-refractivity contribution in [1.29, 1.82) is 5.26 Å². The maximum absolute atomic E-state index is 11.5. The molecule has 0 spiro atoms. The number of hydrogen-bond acceptors (Lipinski definition) is 7. The van der Waals surface area contributed by atoms with Gasteiger partial charge in [0.2, 0.25) is 11.8 Å². The molecule has 32 heavy (non-hydrogen) atoms. The molecule has 0 saturated carbocycles. The number of carboxylic acid groups (broad SMARTS) is 2. The first kappa shape index (κ1) is 26.5. The zero-order chi connectivity index (χ0) is 24.1. The predicted octanol–water partition coefficient (Wildman–Crippen LogP) is 0.0279. The van der Waals surface area contributed by atoms with Gasteiger partial charge in [0.1, 0.15) is 18.6 Å². The third-order valence-electron chi connectivity index (χ3n) is 4.19. The molecule has 0 aliphatic carbocycles. The van der Waals surface area contributed by atoms with Crippen LogP contribution >= 0.6 is 12.6 Å². The molecule has 172 valence electrons. The van der Waals surface area contributed by atoms with E-state index < -0.39 is 42.4 Å². The van der Waals surface area contributed by atoms with Gasteiger partial charge < -0.3 is 31.6 Å². The highest BCUT2D eigenvalue weighted by atomic mass is 32.1. The lowest BCUT2D eigenvalue weighted by atomic mass is 10.1. The molecular formula is C20H25N5O6S. The first-order valence-electron chi connectivity index (χ1n) is 9.49. The highest BCUT2D eigenvalue weighted by Crippen LogP contribution is 2.17. The second-order valence-electron chi connectivity index (χ2n) is 6.59. The Kier molecular flexibility index (Phi) is 11.3. The molecule has 12 heteroatoms. The second-order valence-corrected chi connectivity index (χ2v) is 6.96. The minimum atomic E-state index is -1.22. The van der Waals surface area contributed by atoms with Gasteiger partial charge in [-0.2, -0.15) is 17.9 Å². The monoisotopic (exact) mass is 463 g/mol. The molecule has 0 radical (unpaired) electrons. The van der Waals surface area contributed by atoms with E-state index in [1.54, 1.807) is 0 Å². The van der Waals surface area contributed by atoms with E-state index in [0.29, 0.717) is 6.42 Å². The molecule has 0 saturated heterocycles. The molecule has 2 rings (SSSR count). The Balaban J connectivity index is 0.000000357. The van der Waals surface area contributed by atoms with Crippen LogP contribution in [0.4, 0.5) is 0 Å². The average Bonchev–Trinajstić information content (AvgIpc) is 3.17. The third kappa shape index (κ3) is 9.07. The summed E-state index contributed by atoms with van der Waals surface area (Å²) in [5.74, 6) is -3.70. The number of aromatic nitrogens is 1. The van der Waals surface area contributed by atoms with Crippen molar-refractivity contribution in [1.82, 2.24) is 15.6 Å². The molecular weight excluding hydrogens is 438 g/mol. The zero-order valence-corrected chi connectivity index (χ0v) is 18.0. The number of carbonyl (C=O) groups is 4. The highest BCUT2D eigenvalue weighted by Gasteiger charge is 2.20. The molecule has 11 nitrogen and oxygen atoms in total. The quantitative estimate of drug-likeness (QED) is 0.239. The van der Waals surface area contributed by atoms with Gasteiger partial charge in [-0.1, -0.05) is 18.2 Å². The smallest absolute Gasteiger partial charge is 0.322 e. The van der Waals surface area contributed by atoms with Crippen molar-refractivity contribution in [3.8, 4) is 6.07 Å². The third-order valence-corrected chi connectivity index (χ3v) is 4.56. The molecule has 0 aliphatic rings. The maximum Gasteiger partial charge on any atom is 0.322 e. The van der Waals surface area contributed by atoms with Crippen LogP contribution in [0, 0.1) is 11.3 Å². The first-order chi connectivity index (χ1) is 15.2. The minimum absolute atomic E-state index is 0.0256. The Morgan fingerprint density at radius 1 is 1.22 bits per heavy atom. The average molecular weight is 464 g/mol. The van der Waals surface area contributed by atoms with Crippen LogP contribution in [0.15, 0.2) is 30.5 Å². The number of amides is 2. The van der Waals surface area contributed by atoms with Gasteiger partial charge in [-0.05, 0) is 18.1 Å². The van der Waals surface area contributed by atoms with Gasteiger partial charge in [0.15, 0.2) is 0 Å². The van der Waals surface area contributed by atoms with Crippen molar-refractivity contribution in [3.05, 3.63) is 36.0 Å². The fourth-order valence-corrected chi connectivity index (χ4v) is 2.78. The second kappa shape index (κ2) is 13.7. The summed E-state index contributed by atoms with van der Waals surface area (Å²) in [4.78, 5) is 46.9. The van der Waals surface area contributed by atoms with Crippen LogP contribution in [-0.4, -0.2) is 63.3 Å². The summed E-state index contributed by atoms with van der Waals surface area (Å²) in [5, 5.41) is 31.1. The van der Waals surface area contributed by atoms with Crippen LogP contribution in [0.3, 0.4) is 0 Å². The number of aromatic amines is 1. The number of H-pyrrole nitrogens is 1. The van der Waals surface area contributed by atoms with Crippen LogP contribution in [0.1, 0.15) is 18.4 Å². The Bertz CT molecular complexity index is 986. The van der Waals surface area contributed by atoms with E-state index in [1.165, 1.54) is 0 Å². The fourth-order valence-electron chi connectivity index (χ4n) is 2.52. The van der Waals surface area contributed by atoms with Gasteiger partial charge in [0.05, 0.1) is 12.5 Å². The summed E-state index contributed by atoms with van der Waals surface area (Å²) < 4.78 is 0. The molecule has 0 bridgehead atoms. The predicted molar refractivity (Wildman–Crippen MR) is 119 cm³/mol. The summed E-state index contributed by atoms with van der Waals surface area (Å²) in [6.45, 7) is -0.567. The molecule has 0 fully saturated rings. The fraction of sp³-hybridized carbons (Fsp3) is 0.350. The van der Waals surface area contributed by atoms with Crippen molar-refractivity contribution >= 4 is 47.3 Å². The summed E-state index contributed by atoms with van der Waals surface area (Å²) in [6.07, 6.45) is 2.14. The number of nitriles is 1. The number of fused-ring (bicyclic) bond motifs is 1. The van der Waals surface area contributed by atoms with Crippen molar-refractivity contribution in [2.24, 2.45) is 5.73 Å². The molecule has 1 aromatic carbocycles. The van der Waals surface area contributed by atoms with Crippen molar-refractivity contribution in [2.45, 2.75) is 31.3 Å². The van der Waals surface area contributed by atoms with Crippen molar-refractivity contribution in [2.75, 3.05) is 12.3 Å². The van der Waals surface area contributed by atoms with Crippen LogP contribution < -0.4 is 16.4 Å². The largest absolute Gasteiger partial charge is 0.480 e. The number of carbonyl (C=O) groups excluding carboxylic acids is 2. The van der Waals surface area contributed by atoms with Gasteiger partial charge in [-0.3, -0.25) is 19.2 Å². The molecule has 1 heterocycles. The normalized spacial score (nSPS) is 11.9. The Morgan fingerprint density at radius 3 is 2.50 bits per heavy atom. The van der Waals surface area contributed by atoms with Gasteiger partial charge in [-0.25, -0.2) is 0 Å².